The maximum absolute atomic E-state index is 13.0. The molecule has 0 amide bonds. The van der Waals surface area contributed by atoms with Crippen LogP contribution in [0.4, 0.5) is 21.8 Å². The molecule has 0 radical (unpaired) electrons. The highest BCUT2D eigenvalue weighted by Gasteiger charge is 2.28. The minimum absolute atomic E-state index is 0.0698. The lowest BCUT2D eigenvalue weighted by Gasteiger charge is -2.32. The van der Waals surface area contributed by atoms with Gasteiger partial charge in [0.25, 0.3) is 0 Å². The van der Waals surface area contributed by atoms with Crippen molar-refractivity contribution in [3.63, 3.8) is 0 Å². The zero-order valence-electron chi connectivity index (χ0n) is 13.3. The molecule has 2 heterocycles. The monoisotopic (exact) mass is 345 g/mol. The summed E-state index contributed by atoms with van der Waals surface area (Å²) >= 11 is 0. The minimum atomic E-state index is -0.643. The van der Waals surface area contributed by atoms with Gasteiger partial charge in [-0.2, -0.15) is 4.98 Å². The normalized spacial score (nSPS) is 17.3. The molecule has 8 nitrogen and oxygen atoms in total. The van der Waals surface area contributed by atoms with Crippen molar-refractivity contribution in [2.24, 2.45) is 5.92 Å². The van der Waals surface area contributed by atoms with Crippen LogP contribution >= 0.6 is 0 Å². The summed E-state index contributed by atoms with van der Waals surface area (Å²) in [6, 6.07) is 5.45. The van der Waals surface area contributed by atoms with Crippen LogP contribution in [0.5, 0.6) is 0 Å². The van der Waals surface area contributed by atoms with Gasteiger partial charge in [0.15, 0.2) is 5.78 Å². The number of nitrogens with zero attached hydrogens (tertiary/aromatic N) is 4. The van der Waals surface area contributed by atoms with Crippen LogP contribution in [0, 0.1) is 21.8 Å². The molecule has 1 fully saturated rings. The fourth-order valence-electron chi connectivity index (χ4n) is 2.89. The maximum Gasteiger partial charge on any atom is 0.329 e. The Morgan fingerprint density at radius 2 is 2.08 bits per heavy atom. The van der Waals surface area contributed by atoms with Crippen LogP contribution in [0.1, 0.15) is 23.2 Å². The lowest BCUT2D eigenvalue weighted by molar-refractivity contribution is -0.384. The third-order valence-electron chi connectivity index (χ3n) is 4.19. The summed E-state index contributed by atoms with van der Waals surface area (Å²) in [6.45, 7) is 1.01. The number of rotatable bonds is 4. The van der Waals surface area contributed by atoms with Gasteiger partial charge < -0.3 is 10.6 Å². The highest BCUT2D eigenvalue weighted by Crippen LogP contribution is 2.26. The number of carbonyl (C=O) groups excluding carboxylic acids is 1. The van der Waals surface area contributed by atoms with Gasteiger partial charge in [0, 0.05) is 24.6 Å². The first-order valence-corrected chi connectivity index (χ1v) is 7.77. The molecule has 2 N–H and O–H groups in total. The van der Waals surface area contributed by atoms with Crippen LogP contribution in [0.3, 0.4) is 0 Å². The van der Waals surface area contributed by atoms with E-state index >= 15 is 0 Å². The van der Waals surface area contributed by atoms with Crippen molar-refractivity contribution >= 4 is 23.2 Å². The molecule has 25 heavy (non-hydrogen) atoms. The summed E-state index contributed by atoms with van der Waals surface area (Å²) in [7, 11) is 0. The highest BCUT2D eigenvalue weighted by molar-refractivity contribution is 5.98. The number of anilines is 2. The van der Waals surface area contributed by atoms with Crippen molar-refractivity contribution in [2.75, 3.05) is 23.7 Å². The molecule has 9 heteroatoms. The first-order valence-electron chi connectivity index (χ1n) is 7.77. The van der Waals surface area contributed by atoms with E-state index in [1.165, 1.54) is 24.3 Å². The van der Waals surface area contributed by atoms with E-state index in [4.69, 9.17) is 5.73 Å². The minimum Gasteiger partial charge on any atom is -0.378 e. The number of hydrogen-bond donors (Lipinski definition) is 1. The SMILES string of the molecule is Nc1nc(N2CCCC(C(=O)c3ccc(F)cc3)C2)ncc1[N+](=O)[O-]. The van der Waals surface area contributed by atoms with Crippen LogP contribution < -0.4 is 10.6 Å². The molecule has 130 valence electrons. The van der Waals surface area contributed by atoms with Gasteiger partial charge in [-0.25, -0.2) is 9.37 Å². The van der Waals surface area contributed by atoms with Gasteiger partial charge >= 0.3 is 5.69 Å². The van der Waals surface area contributed by atoms with E-state index in [-0.39, 0.29) is 29.2 Å². The molecule has 1 atom stereocenters. The average Bonchev–Trinajstić information content (AvgIpc) is 2.61. The maximum atomic E-state index is 13.0. The van der Waals surface area contributed by atoms with Gasteiger partial charge in [-0.1, -0.05) is 0 Å². The number of hydrogen-bond acceptors (Lipinski definition) is 7. The number of halogens is 1. The Kier molecular flexibility index (Phi) is 4.55. The first kappa shape index (κ1) is 16.7. The molecule has 2 aromatic rings. The smallest absolute Gasteiger partial charge is 0.329 e. The van der Waals surface area contributed by atoms with Crippen molar-refractivity contribution in [3.8, 4) is 0 Å². The quantitative estimate of drug-likeness (QED) is 0.513. The molecule has 0 bridgehead atoms. The average molecular weight is 345 g/mol. The van der Waals surface area contributed by atoms with Crippen molar-refractivity contribution < 1.29 is 14.1 Å². The molecular weight excluding hydrogens is 329 g/mol. The second kappa shape index (κ2) is 6.80. The van der Waals surface area contributed by atoms with Crippen LogP contribution in [-0.4, -0.2) is 33.8 Å². The number of carbonyl (C=O) groups is 1. The van der Waals surface area contributed by atoms with Gasteiger partial charge in [0.2, 0.25) is 11.8 Å². The largest absolute Gasteiger partial charge is 0.378 e. The fraction of sp³-hybridized carbons (Fsp3) is 0.312. The Balaban J connectivity index is 1.77. The molecule has 1 aromatic carbocycles. The molecule has 1 aromatic heterocycles. The number of piperidine rings is 1. The Morgan fingerprint density at radius 1 is 1.36 bits per heavy atom. The van der Waals surface area contributed by atoms with Gasteiger partial charge in [0.1, 0.15) is 12.0 Å². The topological polar surface area (TPSA) is 115 Å². The molecule has 1 aliphatic rings. The summed E-state index contributed by atoms with van der Waals surface area (Å²) < 4.78 is 13.0. The van der Waals surface area contributed by atoms with Gasteiger partial charge in [-0.15, -0.1) is 0 Å². The predicted octanol–water partition coefficient (Wildman–Crippen LogP) is 2.21. The molecule has 1 unspecified atom stereocenters. The number of aromatic nitrogens is 2. The molecule has 0 saturated carbocycles. The third-order valence-corrected chi connectivity index (χ3v) is 4.19. The first-order chi connectivity index (χ1) is 12.0. The third kappa shape index (κ3) is 3.54. The Hall–Kier alpha value is -3.10. The molecule has 1 saturated heterocycles. The summed E-state index contributed by atoms with van der Waals surface area (Å²) in [5, 5.41) is 10.8. The van der Waals surface area contributed by atoms with E-state index < -0.39 is 10.7 Å². The highest BCUT2D eigenvalue weighted by atomic mass is 19.1. The number of nitro groups is 1. The van der Waals surface area contributed by atoms with Crippen molar-refractivity contribution in [3.05, 3.63) is 52.0 Å². The van der Waals surface area contributed by atoms with Crippen molar-refractivity contribution in [2.45, 2.75) is 12.8 Å². The molecule has 0 aliphatic carbocycles. The number of nitrogen functional groups attached to an aromatic ring is 1. The Bertz CT molecular complexity index is 812. The summed E-state index contributed by atoms with van der Waals surface area (Å²) in [5.41, 5.74) is 5.72. The van der Waals surface area contributed by atoms with E-state index in [0.29, 0.717) is 25.1 Å². The van der Waals surface area contributed by atoms with E-state index in [1.54, 1.807) is 4.90 Å². The van der Waals surface area contributed by atoms with Crippen molar-refractivity contribution in [1.82, 2.24) is 9.97 Å². The zero-order chi connectivity index (χ0) is 18.0. The molecule has 3 rings (SSSR count). The Labute approximate surface area is 142 Å². The summed E-state index contributed by atoms with van der Waals surface area (Å²) in [5.74, 6) is -0.683. The lowest BCUT2D eigenvalue weighted by Crippen LogP contribution is -2.39. The Morgan fingerprint density at radius 3 is 2.72 bits per heavy atom. The fourth-order valence-corrected chi connectivity index (χ4v) is 2.89. The molecule has 1 aliphatic heterocycles. The second-order valence-electron chi connectivity index (χ2n) is 5.85. The van der Waals surface area contributed by atoms with Crippen LogP contribution in [-0.2, 0) is 0 Å². The van der Waals surface area contributed by atoms with Gasteiger partial charge in [-0.3, -0.25) is 14.9 Å². The lowest BCUT2D eigenvalue weighted by atomic mass is 9.90. The molecule has 0 spiro atoms. The van der Waals surface area contributed by atoms with E-state index in [0.717, 1.165) is 12.6 Å². The van der Waals surface area contributed by atoms with Gasteiger partial charge in [0.05, 0.1) is 4.92 Å². The number of ketones is 1. The van der Waals surface area contributed by atoms with Crippen LogP contribution in [0.15, 0.2) is 30.5 Å². The number of nitrogens with two attached hydrogens (primary N) is 1. The second-order valence-corrected chi connectivity index (χ2v) is 5.85. The van der Waals surface area contributed by atoms with E-state index in [2.05, 4.69) is 9.97 Å². The number of Topliss-reactive ketones (excluding diaryl/α,β-unsaturated/α-hetero) is 1. The zero-order valence-corrected chi connectivity index (χ0v) is 13.3. The predicted molar refractivity (Wildman–Crippen MR) is 88.8 cm³/mol. The van der Waals surface area contributed by atoms with Crippen molar-refractivity contribution in [1.29, 1.82) is 0 Å². The van der Waals surface area contributed by atoms with E-state index in [9.17, 15) is 19.3 Å². The summed E-state index contributed by atoms with van der Waals surface area (Å²) in [6.07, 6.45) is 2.52. The summed E-state index contributed by atoms with van der Waals surface area (Å²) in [4.78, 5) is 32.5. The van der Waals surface area contributed by atoms with E-state index in [1.807, 2.05) is 0 Å². The molecular formula is C16H16FN5O3. The van der Waals surface area contributed by atoms with Gasteiger partial charge in [-0.05, 0) is 37.1 Å². The van der Waals surface area contributed by atoms with Crippen LogP contribution in [0.2, 0.25) is 0 Å². The number of benzene rings is 1. The standard InChI is InChI=1S/C16H16FN5O3/c17-12-5-3-10(4-6-12)14(23)11-2-1-7-21(9-11)16-19-8-13(22(24)25)15(18)20-16/h3-6,8,11H,1-2,7,9H2,(H2,18,19,20). The van der Waals surface area contributed by atoms with Crippen LogP contribution in [0.25, 0.3) is 0 Å².